The van der Waals surface area contributed by atoms with Crippen LogP contribution in [-0.4, -0.2) is 48.1 Å². The first kappa shape index (κ1) is 22.5. The topological polar surface area (TPSA) is 72.9 Å². The maximum absolute atomic E-state index is 13.4. The van der Waals surface area contributed by atoms with E-state index >= 15 is 0 Å². The Morgan fingerprint density at radius 2 is 1.70 bits per heavy atom. The first-order chi connectivity index (χ1) is 15.9. The fourth-order valence-electron chi connectivity index (χ4n) is 4.01. The van der Waals surface area contributed by atoms with Gasteiger partial charge in [-0.15, -0.1) is 0 Å². The number of amides is 1. The summed E-state index contributed by atoms with van der Waals surface area (Å²) < 4.78 is 13.4. The van der Waals surface area contributed by atoms with Crippen molar-refractivity contribution < 1.29 is 19.1 Å². The summed E-state index contributed by atoms with van der Waals surface area (Å²) in [6.45, 7) is 5.39. The Labute approximate surface area is 192 Å². The standard InChI is InChI=1S/C26H26FN3O3/c1-18-5-7-20(8-6-18)25(31)28-22-9-10-24(23(16-22)26(32)33)30-13-11-29(12-14-30)17-19-3-2-4-21(27)15-19/h2-10,15-16H,11-14,17H2,1H3,(H,28,31)(H,32,33). The van der Waals surface area contributed by atoms with E-state index in [0.717, 1.165) is 24.2 Å². The molecule has 0 radical (unpaired) electrons. The highest BCUT2D eigenvalue weighted by Crippen LogP contribution is 2.26. The fraction of sp³-hybridized carbons (Fsp3) is 0.231. The van der Waals surface area contributed by atoms with E-state index in [1.165, 1.54) is 12.1 Å². The van der Waals surface area contributed by atoms with Crippen LogP contribution in [0.2, 0.25) is 0 Å². The SMILES string of the molecule is Cc1ccc(C(=O)Nc2ccc(N3CCN(Cc4cccc(F)c4)CC3)c(C(=O)O)c2)cc1. The first-order valence-electron chi connectivity index (χ1n) is 10.9. The minimum Gasteiger partial charge on any atom is -0.478 e. The molecule has 0 bridgehead atoms. The van der Waals surface area contributed by atoms with Crippen LogP contribution in [0.5, 0.6) is 0 Å². The number of nitrogens with zero attached hydrogens (tertiary/aromatic N) is 2. The van der Waals surface area contributed by atoms with Gasteiger partial charge < -0.3 is 15.3 Å². The van der Waals surface area contributed by atoms with Gasteiger partial charge in [-0.05, 0) is 55.0 Å². The second kappa shape index (κ2) is 9.83. The summed E-state index contributed by atoms with van der Waals surface area (Å²) in [5.74, 6) is -1.57. The zero-order valence-electron chi connectivity index (χ0n) is 18.4. The minimum atomic E-state index is -1.04. The highest BCUT2D eigenvalue weighted by Gasteiger charge is 2.22. The summed E-state index contributed by atoms with van der Waals surface area (Å²) in [5, 5.41) is 12.6. The Kier molecular flexibility index (Phi) is 6.70. The third-order valence-electron chi connectivity index (χ3n) is 5.81. The summed E-state index contributed by atoms with van der Waals surface area (Å²) >= 11 is 0. The number of nitrogens with one attached hydrogen (secondary N) is 1. The first-order valence-corrected chi connectivity index (χ1v) is 10.9. The van der Waals surface area contributed by atoms with Crippen molar-refractivity contribution in [2.75, 3.05) is 36.4 Å². The molecule has 0 aliphatic carbocycles. The Morgan fingerprint density at radius 1 is 0.970 bits per heavy atom. The highest BCUT2D eigenvalue weighted by atomic mass is 19.1. The normalized spacial score (nSPS) is 14.2. The Balaban J connectivity index is 1.43. The molecule has 4 rings (SSSR count). The van der Waals surface area contributed by atoms with Crippen LogP contribution in [0.4, 0.5) is 15.8 Å². The third-order valence-corrected chi connectivity index (χ3v) is 5.81. The summed E-state index contributed by atoms with van der Waals surface area (Å²) in [6.07, 6.45) is 0. The number of carbonyl (C=O) groups is 2. The molecule has 7 heteroatoms. The van der Waals surface area contributed by atoms with E-state index in [1.54, 1.807) is 36.4 Å². The van der Waals surface area contributed by atoms with E-state index in [4.69, 9.17) is 0 Å². The van der Waals surface area contributed by atoms with E-state index in [9.17, 15) is 19.1 Å². The van der Waals surface area contributed by atoms with E-state index in [2.05, 4.69) is 10.2 Å². The Bertz CT molecular complexity index is 1160. The number of carboxylic acid groups (broad SMARTS) is 1. The molecule has 1 heterocycles. The van der Waals surface area contributed by atoms with Crippen molar-refractivity contribution in [1.29, 1.82) is 0 Å². The highest BCUT2D eigenvalue weighted by molar-refractivity contribution is 6.05. The summed E-state index contributed by atoms with van der Waals surface area (Å²) in [5.41, 5.74) is 3.70. The molecule has 0 saturated carbocycles. The monoisotopic (exact) mass is 447 g/mol. The molecule has 3 aromatic carbocycles. The molecule has 1 aliphatic rings. The number of hydrogen-bond donors (Lipinski definition) is 2. The molecular weight excluding hydrogens is 421 g/mol. The van der Waals surface area contributed by atoms with Crippen molar-refractivity contribution >= 4 is 23.3 Å². The van der Waals surface area contributed by atoms with Gasteiger partial charge in [-0.2, -0.15) is 0 Å². The molecule has 1 amide bonds. The molecule has 0 atom stereocenters. The summed E-state index contributed by atoms with van der Waals surface area (Å²) in [7, 11) is 0. The molecule has 3 aromatic rings. The number of aromatic carboxylic acids is 1. The van der Waals surface area contributed by atoms with Gasteiger partial charge in [0.1, 0.15) is 5.82 Å². The van der Waals surface area contributed by atoms with Gasteiger partial charge in [0.05, 0.1) is 11.3 Å². The number of carbonyl (C=O) groups excluding carboxylic acids is 1. The second-order valence-corrected chi connectivity index (χ2v) is 8.25. The van der Waals surface area contributed by atoms with Crippen molar-refractivity contribution in [2.24, 2.45) is 0 Å². The van der Waals surface area contributed by atoms with Crippen LogP contribution < -0.4 is 10.2 Å². The lowest BCUT2D eigenvalue weighted by Gasteiger charge is -2.36. The second-order valence-electron chi connectivity index (χ2n) is 8.25. The fourth-order valence-corrected chi connectivity index (χ4v) is 4.01. The van der Waals surface area contributed by atoms with Crippen LogP contribution in [0.15, 0.2) is 66.7 Å². The zero-order valence-corrected chi connectivity index (χ0v) is 18.4. The molecule has 0 spiro atoms. The molecule has 6 nitrogen and oxygen atoms in total. The number of benzene rings is 3. The van der Waals surface area contributed by atoms with E-state index < -0.39 is 5.97 Å². The third kappa shape index (κ3) is 5.56. The average Bonchev–Trinajstić information content (AvgIpc) is 2.80. The summed E-state index contributed by atoms with van der Waals surface area (Å²) in [6, 6.07) is 18.7. The van der Waals surface area contributed by atoms with Crippen LogP contribution >= 0.6 is 0 Å². The largest absolute Gasteiger partial charge is 0.478 e. The molecule has 0 unspecified atom stereocenters. The average molecular weight is 448 g/mol. The van der Waals surface area contributed by atoms with Crippen molar-refractivity contribution in [2.45, 2.75) is 13.5 Å². The van der Waals surface area contributed by atoms with Crippen molar-refractivity contribution in [1.82, 2.24) is 4.90 Å². The Morgan fingerprint density at radius 3 is 2.36 bits per heavy atom. The molecule has 1 saturated heterocycles. The molecular formula is C26H26FN3O3. The van der Waals surface area contributed by atoms with Crippen LogP contribution in [0.25, 0.3) is 0 Å². The molecule has 1 fully saturated rings. The summed E-state index contributed by atoms with van der Waals surface area (Å²) in [4.78, 5) is 28.7. The van der Waals surface area contributed by atoms with Crippen molar-refractivity contribution in [3.05, 3.63) is 94.8 Å². The van der Waals surface area contributed by atoms with E-state index in [1.807, 2.05) is 30.0 Å². The van der Waals surface area contributed by atoms with Gasteiger partial charge in [0.25, 0.3) is 5.91 Å². The van der Waals surface area contributed by atoms with Crippen LogP contribution in [-0.2, 0) is 6.54 Å². The maximum Gasteiger partial charge on any atom is 0.337 e. The number of carboxylic acids is 1. The minimum absolute atomic E-state index is 0.148. The predicted molar refractivity (Wildman–Crippen MR) is 126 cm³/mol. The quantitative estimate of drug-likeness (QED) is 0.586. The smallest absolute Gasteiger partial charge is 0.337 e. The van der Waals surface area contributed by atoms with Gasteiger partial charge in [0.2, 0.25) is 0 Å². The molecule has 33 heavy (non-hydrogen) atoms. The molecule has 170 valence electrons. The van der Waals surface area contributed by atoms with Crippen LogP contribution in [0, 0.1) is 12.7 Å². The number of hydrogen-bond acceptors (Lipinski definition) is 4. The number of rotatable bonds is 6. The number of anilines is 2. The zero-order chi connectivity index (χ0) is 23.4. The molecule has 2 N–H and O–H groups in total. The van der Waals surface area contributed by atoms with E-state index in [-0.39, 0.29) is 17.3 Å². The van der Waals surface area contributed by atoms with Gasteiger partial charge in [-0.25, -0.2) is 9.18 Å². The maximum atomic E-state index is 13.4. The van der Waals surface area contributed by atoms with Crippen LogP contribution in [0.3, 0.4) is 0 Å². The van der Waals surface area contributed by atoms with Gasteiger partial charge in [-0.3, -0.25) is 9.69 Å². The number of piperazine rings is 1. The van der Waals surface area contributed by atoms with Gasteiger partial charge in [-0.1, -0.05) is 29.8 Å². The van der Waals surface area contributed by atoms with E-state index in [0.29, 0.717) is 36.6 Å². The van der Waals surface area contributed by atoms with Gasteiger partial charge in [0.15, 0.2) is 0 Å². The van der Waals surface area contributed by atoms with Crippen LogP contribution in [0.1, 0.15) is 31.8 Å². The number of aryl methyl sites for hydroxylation is 1. The van der Waals surface area contributed by atoms with Crippen molar-refractivity contribution in [3.63, 3.8) is 0 Å². The van der Waals surface area contributed by atoms with Crippen molar-refractivity contribution in [3.8, 4) is 0 Å². The predicted octanol–water partition coefficient (Wildman–Crippen LogP) is 4.41. The lowest BCUT2D eigenvalue weighted by Crippen LogP contribution is -2.46. The lowest BCUT2D eigenvalue weighted by atomic mass is 10.1. The Hall–Kier alpha value is -3.71. The van der Waals surface area contributed by atoms with Gasteiger partial charge in [0, 0.05) is 44.0 Å². The lowest BCUT2D eigenvalue weighted by molar-refractivity contribution is 0.0697. The molecule has 1 aliphatic heterocycles. The molecule has 0 aromatic heterocycles. The van der Waals surface area contributed by atoms with Gasteiger partial charge >= 0.3 is 5.97 Å². The number of halogens is 1.